The Balaban J connectivity index is 1.61. The molecule has 182 valence electrons. The number of hydrogen-bond acceptors (Lipinski definition) is 7. The highest BCUT2D eigenvalue weighted by Gasteiger charge is 2.45. The lowest BCUT2D eigenvalue weighted by Gasteiger charge is -2.22. The number of carbonyl (C=O) groups is 2. The van der Waals surface area contributed by atoms with Crippen molar-refractivity contribution in [1.82, 2.24) is 10.2 Å². The summed E-state index contributed by atoms with van der Waals surface area (Å²) in [6, 6.07) is 13.4. The van der Waals surface area contributed by atoms with Gasteiger partial charge in [0.1, 0.15) is 18.3 Å². The van der Waals surface area contributed by atoms with Crippen molar-refractivity contribution in [2.75, 3.05) is 16.8 Å². The summed E-state index contributed by atoms with van der Waals surface area (Å²) in [5.41, 5.74) is 2.42. The standard InChI is InChI=1S/C24H25N5O5S/c1-4-33-18-11-9-17(10-12-18)29-22(31)19(13-21(30)25-16-7-5-15(2)6-8-16)28(24(29)35)14-20-23(32)34-26-27(20)3/h5-12,19H,4,13-14H2,1-3H3,(H-,25,26,30,32). The third kappa shape index (κ3) is 5.09. The van der Waals surface area contributed by atoms with Crippen molar-refractivity contribution in [3.63, 3.8) is 0 Å². The summed E-state index contributed by atoms with van der Waals surface area (Å²) in [5.74, 6) is -0.701. The largest absolute Gasteiger partial charge is 0.539 e. The van der Waals surface area contributed by atoms with Gasteiger partial charge in [0.25, 0.3) is 11.6 Å². The van der Waals surface area contributed by atoms with E-state index in [9.17, 15) is 14.7 Å². The molecule has 0 radical (unpaired) electrons. The second-order valence-corrected chi connectivity index (χ2v) is 8.44. The van der Waals surface area contributed by atoms with Crippen LogP contribution in [0, 0.1) is 6.92 Å². The number of hydrogen-bond donors (Lipinski definition) is 1. The zero-order valence-corrected chi connectivity index (χ0v) is 20.4. The first-order valence-electron chi connectivity index (χ1n) is 11.0. The van der Waals surface area contributed by atoms with E-state index in [1.165, 1.54) is 9.58 Å². The normalized spacial score (nSPS) is 15.6. The summed E-state index contributed by atoms with van der Waals surface area (Å²) in [4.78, 5) is 29.3. The number of ether oxygens (including phenoxy) is 1. The molecule has 35 heavy (non-hydrogen) atoms. The molecule has 0 spiro atoms. The molecule has 2 aromatic carbocycles. The van der Waals surface area contributed by atoms with Gasteiger partial charge in [-0.1, -0.05) is 22.4 Å². The topological polar surface area (TPSA) is 115 Å². The molecule has 1 aliphatic rings. The Morgan fingerprint density at radius 3 is 2.51 bits per heavy atom. The number of rotatable bonds is 8. The molecule has 0 saturated carbocycles. The molecule has 4 rings (SSSR count). The number of nitrogens with one attached hydrogen (secondary N) is 1. The molecule has 3 aromatic rings. The highest BCUT2D eigenvalue weighted by molar-refractivity contribution is 7.80. The van der Waals surface area contributed by atoms with E-state index >= 15 is 0 Å². The SMILES string of the molecule is CCOc1ccc(N2C(=O)C(CC(=O)Nc3ccc(C)cc3)N(Cc3c([O-])on[n+]3C)C2=S)cc1. The molecular formula is C24H25N5O5S. The van der Waals surface area contributed by atoms with Gasteiger partial charge in [-0.2, -0.15) is 0 Å². The first-order valence-corrected chi connectivity index (χ1v) is 11.4. The lowest BCUT2D eigenvalue weighted by Crippen LogP contribution is -2.42. The van der Waals surface area contributed by atoms with Gasteiger partial charge >= 0.3 is 0 Å². The van der Waals surface area contributed by atoms with E-state index in [0.29, 0.717) is 23.7 Å². The predicted molar refractivity (Wildman–Crippen MR) is 129 cm³/mol. The van der Waals surface area contributed by atoms with Crippen LogP contribution >= 0.6 is 12.2 Å². The Bertz CT molecular complexity index is 1220. The molecule has 1 aliphatic heterocycles. The Labute approximate surface area is 207 Å². The summed E-state index contributed by atoms with van der Waals surface area (Å²) in [6.07, 6.45) is -0.163. The quantitative estimate of drug-likeness (QED) is 0.372. The molecule has 0 bridgehead atoms. The van der Waals surface area contributed by atoms with Crippen molar-refractivity contribution in [2.45, 2.75) is 32.9 Å². The van der Waals surface area contributed by atoms with Gasteiger partial charge in [-0.3, -0.25) is 14.5 Å². The number of thiocarbonyl (C=S) groups is 1. The van der Waals surface area contributed by atoms with Crippen molar-refractivity contribution < 1.29 is 28.6 Å². The molecule has 1 unspecified atom stereocenters. The fourth-order valence-electron chi connectivity index (χ4n) is 3.79. The van der Waals surface area contributed by atoms with E-state index in [4.69, 9.17) is 21.5 Å². The third-order valence-corrected chi connectivity index (χ3v) is 6.05. The highest BCUT2D eigenvalue weighted by Crippen LogP contribution is 2.30. The van der Waals surface area contributed by atoms with E-state index in [0.717, 1.165) is 5.56 Å². The van der Waals surface area contributed by atoms with Crippen LogP contribution in [0.2, 0.25) is 0 Å². The van der Waals surface area contributed by atoms with Gasteiger partial charge in [-0.25, -0.2) is 0 Å². The van der Waals surface area contributed by atoms with Gasteiger partial charge in [-0.05, 0) is 62.5 Å². The van der Waals surface area contributed by atoms with Crippen LogP contribution in [0.25, 0.3) is 0 Å². The number of aromatic nitrogens is 2. The minimum atomic E-state index is -0.922. The zero-order valence-electron chi connectivity index (χ0n) is 19.6. The van der Waals surface area contributed by atoms with Crippen LogP contribution < -0.4 is 24.7 Å². The highest BCUT2D eigenvalue weighted by atomic mass is 32.1. The first-order chi connectivity index (χ1) is 16.8. The van der Waals surface area contributed by atoms with Crippen LogP contribution in [-0.2, 0) is 23.2 Å². The number of carbonyl (C=O) groups excluding carboxylic acids is 2. The monoisotopic (exact) mass is 495 g/mol. The number of nitrogens with zero attached hydrogens (tertiary/aromatic N) is 4. The first kappa shape index (κ1) is 24.1. The van der Waals surface area contributed by atoms with Crippen LogP contribution in [0.15, 0.2) is 53.1 Å². The summed E-state index contributed by atoms with van der Waals surface area (Å²) in [6.45, 7) is 4.30. The van der Waals surface area contributed by atoms with Crippen LogP contribution in [-0.4, -0.2) is 39.7 Å². The second kappa shape index (κ2) is 10.1. The molecule has 1 fully saturated rings. The van der Waals surface area contributed by atoms with Crippen LogP contribution in [0.4, 0.5) is 11.4 Å². The average molecular weight is 496 g/mol. The van der Waals surface area contributed by atoms with E-state index in [2.05, 4.69) is 10.6 Å². The van der Waals surface area contributed by atoms with Gasteiger partial charge in [0.2, 0.25) is 5.91 Å². The van der Waals surface area contributed by atoms with Gasteiger partial charge in [0, 0.05) is 5.69 Å². The van der Waals surface area contributed by atoms with Gasteiger partial charge < -0.3 is 24.6 Å². The zero-order chi connectivity index (χ0) is 25.1. The molecule has 2 heterocycles. The number of anilines is 2. The van der Waals surface area contributed by atoms with E-state index in [1.807, 2.05) is 26.0 Å². The van der Waals surface area contributed by atoms with Crippen molar-refractivity contribution >= 4 is 40.5 Å². The van der Waals surface area contributed by atoms with Gasteiger partial charge in [0.05, 0.1) is 24.0 Å². The minimum absolute atomic E-state index is 0.0422. The third-order valence-electron chi connectivity index (χ3n) is 5.63. The molecule has 1 aromatic heterocycles. The van der Waals surface area contributed by atoms with E-state index < -0.39 is 12.0 Å². The molecule has 2 amide bonds. The molecular weight excluding hydrogens is 470 g/mol. The summed E-state index contributed by atoms with van der Waals surface area (Å²) < 4.78 is 11.5. The fraction of sp³-hybridized carbons (Fsp3) is 0.292. The second-order valence-electron chi connectivity index (χ2n) is 8.08. The summed E-state index contributed by atoms with van der Waals surface area (Å²) >= 11 is 5.64. The van der Waals surface area contributed by atoms with Crippen molar-refractivity contribution in [1.29, 1.82) is 0 Å². The van der Waals surface area contributed by atoms with Crippen LogP contribution in [0.1, 0.15) is 24.6 Å². The van der Waals surface area contributed by atoms with Gasteiger partial charge in [0.15, 0.2) is 18.1 Å². The molecule has 11 heteroatoms. The van der Waals surface area contributed by atoms with Crippen LogP contribution in [0.5, 0.6) is 11.7 Å². The Kier molecular flexibility index (Phi) is 6.97. The van der Waals surface area contributed by atoms with Crippen molar-refractivity contribution in [3.8, 4) is 11.7 Å². The van der Waals surface area contributed by atoms with E-state index in [1.54, 1.807) is 48.3 Å². The molecule has 10 nitrogen and oxygen atoms in total. The van der Waals surface area contributed by atoms with Crippen molar-refractivity contribution in [2.24, 2.45) is 7.05 Å². The maximum absolute atomic E-state index is 13.5. The molecule has 1 atom stereocenters. The lowest BCUT2D eigenvalue weighted by atomic mass is 10.1. The lowest BCUT2D eigenvalue weighted by molar-refractivity contribution is -0.746. The maximum Gasteiger partial charge on any atom is 0.256 e. The molecule has 1 saturated heterocycles. The Hall–Kier alpha value is -3.99. The number of aryl methyl sites for hydroxylation is 2. The fourth-order valence-corrected chi connectivity index (χ4v) is 4.18. The van der Waals surface area contributed by atoms with Crippen molar-refractivity contribution in [3.05, 3.63) is 59.8 Å². The Morgan fingerprint density at radius 2 is 1.91 bits per heavy atom. The van der Waals surface area contributed by atoms with E-state index in [-0.39, 0.29) is 35.6 Å². The maximum atomic E-state index is 13.5. The minimum Gasteiger partial charge on any atom is -0.539 e. The Morgan fingerprint density at radius 1 is 1.23 bits per heavy atom. The average Bonchev–Trinajstić information content (AvgIpc) is 3.27. The number of amides is 2. The smallest absolute Gasteiger partial charge is 0.256 e. The molecule has 1 N–H and O–H groups in total. The predicted octanol–water partition coefficient (Wildman–Crippen LogP) is 1.81. The summed E-state index contributed by atoms with van der Waals surface area (Å²) in [7, 11) is 1.56. The number of benzene rings is 2. The van der Waals surface area contributed by atoms with Crippen LogP contribution in [0.3, 0.4) is 0 Å². The summed E-state index contributed by atoms with van der Waals surface area (Å²) in [5, 5.41) is 18.8. The molecule has 0 aliphatic carbocycles. The van der Waals surface area contributed by atoms with Gasteiger partial charge in [-0.15, -0.1) is 0 Å².